The summed E-state index contributed by atoms with van der Waals surface area (Å²) in [6.45, 7) is 0. The number of rotatable bonds is 3. The van der Waals surface area contributed by atoms with Gasteiger partial charge in [-0.25, -0.2) is 9.89 Å². The molecule has 0 saturated heterocycles. The fourth-order valence-corrected chi connectivity index (χ4v) is 1.32. The first-order valence-electron chi connectivity index (χ1n) is 4.52. The van der Waals surface area contributed by atoms with E-state index in [0.29, 0.717) is 17.1 Å². The summed E-state index contributed by atoms with van der Waals surface area (Å²) in [5.41, 5.74) is 0.585. The number of nitrogens with zero attached hydrogens (tertiary/aromatic N) is 1. The van der Waals surface area contributed by atoms with Gasteiger partial charge in [-0.15, -0.1) is 5.10 Å². The van der Waals surface area contributed by atoms with Crippen LogP contribution in [0.1, 0.15) is 0 Å². The highest BCUT2D eigenvalue weighted by atomic mass is 16.5. The Morgan fingerprint density at radius 3 is 2.69 bits per heavy atom. The molecule has 0 aliphatic carbocycles. The van der Waals surface area contributed by atoms with Crippen LogP contribution in [0.15, 0.2) is 27.4 Å². The Balaban J connectivity index is 2.52. The van der Waals surface area contributed by atoms with Crippen LogP contribution in [0.25, 0.3) is 11.5 Å². The summed E-state index contributed by atoms with van der Waals surface area (Å²) in [5.74, 6) is 0.755. The minimum atomic E-state index is -0.604. The molecule has 0 bridgehead atoms. The Kier molecular flexibility index (Phi) is 2.63. The highest BCUT2D eigenvalue weighted by Crippen LogP contribution is 2.31. The third-order valence-electron chi connectivity index (χ3n) is 2.08. The quantitative estimate of drug-likeness (QED) is 0.839. The summed E-state index contributed by atoms with van der Waals surface area (Å²) in [6.07, 6.45) is 0. The van der Waals surface area contributed by atoms with Crippen LogP contribution in [0, 0.1) is 0 Å². The maximum atomic E-state index is 10.8. The second-order valence-electron chi connectivity index (χ2n) is 2.98. The van der Waals surface area contributed by atoms with Crippen molar-refractivity contribution in [3.63, 3.8) is 0 Å². The Morgan fingerprint density at radius 2 is 2.12 bits per heavy atom. The molecule has 1 aromatic carbocycles. The van der Waals surface area contributed by atoms with E-state index < -0.39 is 5.76 Å². The van der Waals surface area contributed by atoms with Crippen molar-refractivity contribution in [2.45, 2.75) is 0 Å². The summed E-state index contributed by atoms with van der Waals surface area (Å²) >= 11 is 0. The number of H-pyrrole nitrogens is 1. The molecular formula is C10H10N2O4. The van der Waals surface area contributed by atoms with Gasteiger partial charge in [0.25, 0.3) is 5.89 Å². The monoisotopic (exact) mass is 222 g/mol. The smallest absolute Gasteiger partial charge is 0.434 e. The Labute approximate surface area is 90.8 Å². The molecule has 0 aliphatic heterocycles. The zero-order chi connectivity index (χ0) is 11.5. The number of nitrogens with one attached hydrogen (secondary N) is 1. The molecule has 0 unspecified atom stereocenters. The molecule has 1 aromatic heterocycles. The average Bonchev–Trinajstić information content (AvgIpc) is 2.74. The second-order valence-corrected chi connectivity index (χ2v) is 2.98. The van der Waals surface area contributed by atoms with Gasteiger partial charge in [0, 0.05) is 6.07 Å². The first kappa shape index (κ1) is 10.3. The third kappa shape index (κ3) is 1.77. The predicted octanol–water partition coefficient (Wildman–Crippen LogP) is 1.05. The highest BCUT2D eigenvalue weighted by molar-refractivity contribution is 5.64. The molecule has 6 heteroatoms. The van der Waals surface area contributed by atoms with Crippen molar-refractivity contribution in [2.24, 2.45) is 0 Å². The van der Waals surface area contributed by atoms with Crippen molar-refractivity contribution in [3.05, 3.63) is 28.7 Å². The number of ether oxygens (including phenoxy) is 2. The van der Waals surface area contributed by atoms with E-state index in [2.05, 4.69) is 10.2 Å². The van der Waals surface area contributed by atoms with Gasteiger partial charge in [0.2, 0.25) is 0 Å². The van der Waals surface area contributed by atoms with Gasteiger partial charge in [-0.3, -0.25) is 0 Å². The largest absolute Gasteiger partial charge is 0.497 e. The third-order valence-corrected chi connectivity index (χ3v) is 2.08. The fraction of sp³-hybridized carbons (Fsp3) is 0.200. The molecular weight excluding hydrogens is 212 g/mol. The Bertz CT molecular complexity index is 544. The lowest BCUT2D eigenvalue weighted by Gasteiger charge is -2.06. The van der Waals surface area contributed by atoms with E-state index in [1.165, 1.54) is 7.11 Å². The van der Waals surface area contributed by atoms with Crippen molar-refractivity contribution in [3.8, 4) is 23.0 Å². The molecule has 84 valence electrons. The van der Waals surface area contributed by atoms with Crippen LogP contribution in [-0.2, 0) is 0 Å². The maximum Gasteiger partial charge on any atom is 0.434 e. The van der Waals surface area contributed by atoms with Crippen LogP contribution in [0.3, 0.4) is 0 Å². The second kappa shape index (κ2) is 4.09. The topological polar surface area (TPSA) is 77.4 Å². The molecule has 0 spiro atoms. The molecule has 1 N–H and O–H groups in total. The summed E-state index contributed by atoms with van der Waals surface area (Å²) in [7, 11) is 3.08. The minimum Gasteiger partial charge on any atom is -0.497 e. The summed E-state index contributed by atoms with van der Waals surface area (Å²) in [5, 5.41) is 5.91. The summed E-state index contributed by atoms with van der Waals surface area (Å²) < 4.78 is 15.1. The lowest BCUT2D eigenvalue weighted by molar-refractivity contribution is 0.394. The van der Waals surface area contributed by atoms with Crippen LogP contribution < -0.4 is 15.2 Å². The number of aromatic nitrogens is 2. The Morgan fingerprint density at radius 1 is 1.31 bits per heavy atom. The van der Waals surface area contributed by atoms with Gasteiger partial charge < -0.3 is 13.9 Å². The molecule has 6 nitrogen and oxygen atoms in total. The molecule has 0 aliphatic rings. The van der Waals surface area contributed by atoms with Crippen molar-refractivity contribution < 1.29 is 13.9 Å². The number of hydrogen-bond donors (Lipinski definition) is 1. The van der Waals surface area contributed by atoms with Crippen LogP contribution in [0.5, 0.6) is 11.5 Å². The molecule has 2 aromatic rings. The van der Waals surface area contributed by atoms with E-state index in [-0.39, 0.29) is 5.89 Å². The van der Waals surface area contributed by atoms with Gasteiger partial charge in [-0.2, -0.15) is 0 Å². The molecule has 0 radical (unpaired) electrons. The van der Waals surface area contributed by atoms with Gasteiger partial charge >= 0.3 is 5.76 Å². The zero-order valence-corrected chi connectivity index (χ0v) is 8.81. The van der Waals surface area contributed by atoms with E-state index in [9.17, 15) is 4.79 Å². The SMILES string of the molecule is COc1ccc(-c2n[nH]c(=O)o2)c(OC)c1. The highest BCUT2D eigenvalue weighted by Gasteiger charge is 2.12. The van der Waals surface area contributed by atoms with Gasteiger partial charge in [0.05, 0.1) is 19.8 Å². The first-order valence-corrected chi connectivity index (χ1v) is 4.52. The number of aromatic amines is 1. The van der Waals surface area contributed by atoms with Crippen LogP contribution in [0.4, 0.5) is 0 Å². The summed E-state index contributed by atoms with van der Waals surface area (Å²) in [6, 6.07) is 5.12. The number of benzene rings is 1. The van der Waals surface area contributed by atoms with E-state index >= 15 is 0 Å². The van der Waals surface area contributed by atoms with Gasteiger partial charge in [0.1, 0.15) is 11.5 Å². The van der Waals surface area contributed by atoms with Crippen LogP contribution in [-0.4, -0.2) is 24.4 Å². The first-order chi connectivity index (χ1) is 7.74. The molecule has 16 heavy (non-hydrogen) atoms. The molecule has 1 heterocycles. The van der Waals surface area contributed by atoms with Crippen LogP contribution >= 0.6 is 0 Å². The molecule has 2 rings (SSSR count). The lowest BCUT2D eigenvalue weighted by Crippen LogP contribution is -1.93. The van der Waals surface area contributed by atoms with E-state index in [1.54, 1.807) is 25.3 Å². The van der Waals surface area contributed by atoms with E-state index in [1.807, 2.05) is 0 Å². The Hall–Kier alpha value is -2.24. The average molecular weight is 222 g/mol. The van der Waals surface area contributed by atoms with Gasteiger partial charge in [0.15, 0.2) is 0 Å². The van der Waals surface area contributed by atoms with E-state index in [4.69, 9.17) is 13.9 Å². The zero-order valence-electron chi connectivity index (χ0n) is 8.81. The molecule has 0 amide bonds. The molecule has 0 saturated carbocycles. The standard InChI is InChI=1S/C10H10N2O4/c1-14-6-3-4-7(8(5-6)15-2)9-11-12-10(13)16-9/h3-5H,1-2H3,(H,12,13). The molecule has 0 fully saturated rings. The fourth-order valence-electron chi connectivity index (χ4n) is 1.32. The van der Waals surface area contributed by atoms with Crippen molar-refractivity contribution in [1.29, 1.82) is 0 Å². The van der Waals surface area contributed by atoms with Crippen molar-refractivity contribution in [1.82, 2.24) is 10.2 Å². The van der Waals surface area contributed by atoms with E-state index in [0.717, 1.165) is 0 Å². The van der Waals surface area contributed by atoms with Crippen LogP contribution in [0.2, 0.25) is 0 Å². The van der Waals surface area contributed by atoms with Gasteiger partial charge in [-0.1, -0.05) is 0 Å². The van der Waals surface area contributed by atoms with Crippen molar-refractivity contribution >= 4 is 0 Å². The lowest BCUT2D eigenvalue weighted by atomic mass is 10.2. The van der Waals surface area contributed by atoms with Crippen molar-refractivity contribution in [2.75, 3.05) is 14.2 Å². The normalized spacial score (nSPS) is 10.1. The minimum absolute atomic E-state index is 0.185. The summed E-state index contributed by atoms with van der Waals surface area (Å²) in [4.78, 5) is 10.8. The predicted molar refractivity (Wildman–Crippen MR) is 55.7 cm³/mol. The molecule has 0 atom stereocenters. The number of hydrogen-bond acceptors (Lipinski definition) is 5. The maximum absolute atomic E-state index is 10.8. The number of methoxy groups -OCH3 is 2. The van der Waals surface area contributed by atoms with Gasteiger partial charge in [-0.05, 0) is 12.1 Å².